The first kappa shape index (κ1) is 19.6. The van der Waals surface area contributed by atoms with Crippen molar-refractivity contribution in [1.82, 2.24) is 14.5 Å². The number of halogens is 3. The Hall–Kier alpha value is -2.68. The summed E-state index contributed by atoms with van der Waals surface area (Å²) >= 11 is 1.01. The third kappa shape index (κ3) is 4.05. The number of rotatable bonds is 5. The van der Waals surface area contributed by atoms with Crippen LogP contribution in [0.3, 0.4) is 0 Å². The molecule has 0 N–H and O–H groups in total. The van der Waals surface area contributed by atoms with E-state index in [2.05, 4.69) is 4.98 Å². The van der Waals surface area contributed by atoms with Crippen LogP contribution in [0.5, 0.6) is 0 Å². The highest BCUT2D eigenvalue weighted by Crippen LogP contribution is 2.29. The lowest BCUT2D eigenvalue weighted by atomic mass is 10.2. The van der Waals surface area contributed by atoms with Gasteiger partial charge in [-0.2, -0.15) is 8.78 Å². The van der Waals surface area contributed by atoms with Crippen molar-refractivity contribution in [2.24, 2.45) is 0 Å². The number of alkyl halides is 2. The minimum atomic E-state index is -2.73. The summed E-state index contributed by atoms with van der Waals surface area (Å²) in [5.41, 5.74) is 1.34. The fourth-order valence-electron chi connectivity index (χ4n) is 3.44. The highest BCUT2D eigenvalue weighted by molar-refractivity contribution is 7.99. The quantitative estimate of drug-likeness (QED) is 0.585. The maximum absolute atomic E-state index is 13.9. The summed E-state index contributed by atoms with van der Waals surface area (Å²) in [6, 6.07) is 13.2. The van der Waals surface area contributed by atoms with Crippen LogP contribution in [0.1, 0.15) is 6.55 Å². The molecule has 1 aliphatic heterocycles. The number of hydrogen-bond donors (Lipinski definition) is 0. The van der Waals surface area contributed by atoms with E-state index in [1.54, 1.807) is 47.4 Å². The summed E-state index contributed by atoms with van der Waals surface area (Å²) in [4.78, 5) is 20.4. The van der Waals surface area contributed by atoms with E-state index >= 15 is 0 Å². The Balaban J connectivity index is 1.38. The summed E-state index contributed by atoms with van der Waals surface area (Å²) in [6.45, 7) is -0.776. The molecule has 152 valence electrons. The highest BCUT2D eigenvalue weighted by Gasteiger charge is 2.24. The van der Waals surface area contributed by atoms with Gasteiger partial charge in [-0.25, -0.2) is 9.37 Å². The van der Waals surface area contributed by atoms with Gasteiger partial charge in [0.25, 0.3) is 0 Å². The van der Waals surface area contributed by atoms with Crippen LogP contribution in [0, 0.1) is 5.82 Å². The second-order valence-electron chi connectivity index (χ2n) is 6.64. The van der Waals surface area contributed by atoms with Crippen LogP contribution in [-0.4, -0.2) is 52.3 Å². The molecule has 9 heteroatoms. The Morgan fingerprint density at radius 1 is 1.03 bits per heavy atom. The van der Waals surface area contributed by atoms with Crippen molar-refractivity contribution in [3.8, 4) is 0 Å². The Kier molecular flexibility index (Phi) is 5.66. The van der Waals surface area contributed by atoms with Crippen molar-refractivity contribution in [3.63, 3.8) is 0 Å². The molecule has 0 unspecified atom stereocenters. The van der Waals surface area contributed by atoms with Crippen LogP contribution < -0.4 is 4.90 Å². The molecule has 0 aliphatic carbocycles. The Bertz CT molecular complexity index is 1020. The lowest BCUT2D eigenvalue weighted by Crippen LogP contribution is -2.49. The van der Waals surface area contributed by atoms with Crippen LogP contribution in [0.2, 0.25) is 0 Å². The van der Waals surface area contributed by atoms with E-state index in [0.717, 1.165) is 16.3 Å². The van der Waals surface area contributed by atoms with Gasteiger partial charge in [0.1, 0.15) is 5.82 Å². The molecular formula is C20H19F3N4OS. The van der Waals surface area contributed by atoms with Crippen molar-refractivity contribution >= 4 is 34.4 Å². The fraction of sp³-hybridized carbons (Fsp3) is 0.300. The second kappa shape index (κ2) is 8.36. The predicted molar refractivity (Wildman–Crippen MR) is 107 cm³/mol. The minimum Gasteiger partial charge on any atom is -0.366 e. The van der Waals surface area contributed by atoms with Crippen molar-refractivity contribution < 1.29 is 18.0 Å². The van der Waals surface area contributed by atoms with Crippen LogP contribution in [-0.2, 0) is 4.79 Å². The minimum absolute atomic E-state index is 0.0236. The number of nitrogens with zero attached hydrogens (tertiary/aromatic N) is 4. The fourth-order valence-corrected chi connectivity index (χ4v) is 4.35. The van der Waals surface area contributed by atoms with E-state index < -0.39 is 6.55 Å². The van der Waals surface area contributed by atoms with Gasteiger partial charge >= 0.3 is 6.55 Å². The maximum Gasteiger partial charge on any atom is 0.321 e. The average molecular weight is 420 g/mol. The molecule has 1 fully saturated rings. The van der Waals surface area contributed by atoms with Gasteiger partial charge in [0.2, 0.25) is 5.91 Å². The number of fused-ring (bicyclic) bond motifs is 1. The number of para-hydroxylation sites is 3. The first-order valence-corrected chi connectivity index (χ1v) is 10.2. The SMILES string of the molecule is O=C(CSc1nc2ccccc2n1C(F)F)N1CCN(c2ccccc2F)CC1. The van der Waals surface area contributed by atoms with Gasteiger partial charge in [0.05, 0.1) is 22.5 Å². The number of carbonyl (C=O) groups is 1. The first-order valence-electron chi connectivity index (χ1n) is 9.20. The third-order valence-corrected chi connectivity index (χ3v) is 5.85. The smallest absolute Gasteiger partial charge is 0.321 e. The molecule has 0 saturated carbocycles. The number of imidazole rings is 1. The molecule has 2 aromatic carbocycles. The lowest BCUT2D eigenvalue weighted by molar-refractivity contribution is -0.128. The van der Waals surface area contributed by atoms with E-state index in [0.29, 0.717) is 42.9 Å². The zero-order valence-electron chi connectivity index (χ0n) is 15.5. The molecule has 1 aromatic heterocycles. The predicted octanol–water partition coefficient (Wildman–Crippen LogP) is 4.01. The summed E-state index contributed by atoms with van der Waals surface area (Å²) in [5, 5.41) is 0.125. The molecule has 5 nitrogen and oxygen atoms in total. The largest absolute Gasteiger partial charge is 0.366 e. The number of piperazine rings is 1. The van der Waals surface area contributed by atoms with Crippen LogP contribution in [0.25, 0.3) is 11.0 Å². The third-order valence-electron chi connectivity index (χ3n) is 4.91. The van der Waals surface area contributed by atoms with E-state index in [1.165, 1.54) is 6.07 Å². The Morgan fingerprint density at radius 2 is 1.72 bits per heavy atom. The van der Waals surface area contributed by atoms with Gasteiger partial charge in [-0.1, -0.05) is 36.0 Å². The Morgan fingerprint density at radius 3 is 2.45 bits per heavy atom. The van der Waals surface area contributed by atoms with E-state index in [4.69, 9.17) is 0 Å². The number of carbonyl (C=O) groups excluding carboxylic acids is 1. The molecule has 2 heterocycles. The number of benzene rings is 2. The molecule has 1 saturated heterocycles. The number of amides is 1. The van der Waals surface area contributed by atoms with Gasteiger partial charge in [-0.15, -0.1) is 0 Å². The number of anilines is 1. The van der Waals surface area contributed by atoms with Crippen LogP contribution in [0.15, 0.2) is 53.7 Å². The van der Waals surface area contributed by atoms with Gasteiger partial charge in [-0.05, 0) is 24.3 Å². The molecule has 0 radical (unpaired) electrons. The second-order valence-corrected chi connectivity index (χ2v) is 7.58. The topological polar surface area (TPSA) is 41.4 Å². The lowest BCUT2D eigenvalue weighted by Gasteiger charge is -2.36. The molecule has 0 atom stereocenters. The molecule has 1 aliphatic rings. The first-order chi connectivity index (χ1) is 14.0. The van der Waals surface area contributed by atoms with Crippen LogP contribution in [0.4, 0.5) is 18.9 Å². The van der Waals surface area contributed by atoms with E-state index in [-0.39, 0.29) is 22.6 Å². The van der Waals surface area contributed by atoms with Gasteiger partial charge in [0, 0.05) is 26.2 Å². The zero-order chi connectivity index (χ0) is 20.4. The van der Waals surface area contributed by atoms with Crippen molar-refractivity contribution in [2.75, 3.05) is 36.8 Å². The Labute approximate surface area is 170 Å². The molecule has 1 amide bonds. The summed E-state index contributed by atoms with van der Waals surface area (Å²) in [6.07, 6.45) is 0. The number of thioether (sulfide) groups is 1. The maximum atomic E-state index is 13.9. The van der Waals surface area contributed by atoms with Gasteiger partial charge < -0.3 is 9.80 Å². The van der Waals surface area contributed by atoms with Gasteiger partial charge in [-0.3, -0.25) is 9.36 Å². The number of aromatic nitrogens is 2. The highest BCUT2D eigenvalue weighted by atomic mass is 32.2. The molecule has 3 aromatic rings. The van der Waals surface area contributed by atoms with Crippen molar-refractivity contribution in [1.29, 1.82) is 0 Å². The summed E-state index contributed by atoms with van der Waals surface area (Å²) < 4.78 is 41.8. The van der Waals surface area contributed by atoms with Crippen molar-refractivity contribution in [2.45, 2.75) is 11.7 Å². The van der Waals surface area contributed by atoms with E-state index in [9.17, 15) is 18.0 Å². The van der Waals surface area contributed by atoms with E-state index in [1.807, 2.05) is 4.90 Å². The van der Waals surface area contributed by atoms with Crippen molar-refractivity contribution in [3.05, 3.63) is 54.3 Å². The molecule has 0 bridgehead atoms. The standard InChI is InChI=1S/C20H19F3N4OS/c21-14-5-1-3-7-16(14)25-9-11-26(12-10-25)18(28)13-29-20-24-15-6-2-4-8-17(15)27(20)19(22)23/h1-8,19H,9-13H2. The molecular weight excluding hydrogens is 401 g/mol. The monoisotopic (exact) mass is 420 g/mol. The van der Waals surface area contributed by atoms with Gasteiger partial charge in [0.15, 0.2) is 5.16 Å². The molecule has 29 heavy (non-hydrogen) atoms. The zero-order valence-corrected chi connectivity index (χ0v) is 16.3. The summed E-state index contributed by atoms with van der Waals surface area (Å²) in [7, 11) is 0. The molecule has 4 rings (SSSR count). The molecule has 0 spiro atoms. The normalized spacial score (nSPS) is 14.8. The number of hydrogen-bond acceptors (Lipinski definition) is 4. The average Bonchev–Trinajstić information content (AvgIpc) is 3.11. The summed E-state index contributed by atoms with van der Waals surface area (Å²) in [5.74, 6) is -0.403. The van der Waals surface area contributed by atoms with Crippen LogP contribution >= 0.6 is 11.8 Å².